The zero-order valence-electron chi connectivity index (χ0n) is 13.8. The maximum atomic E-state index is 12.3. The van der Waals surface area contributed by atoms with Crippen LogP contribution in [0.25, 0.3) is 0 Å². The lowest BCUT2D eigenvalue weighted by Gasteiger charge is -2.18. The van der Waals surface area contributed by atoms with Crippen LogP contribution in [0.2, 0.25) is 0 Å². The van der Waals surface area contributed by atoms with E-state index in [1.165, 1.54) is 0 Å². The number of carbonyl (C=O) groups excluding carboxylic acids is 2. The van der Waals surface area contributed by atoms with Gasteiger partial charge >= 0.3 is 6.09 Å². The maximum absolute atomic E-state index is 12.3. The minimum Gasteiger partial charge on any atom is -0.441 e. The molecular formula is C17H22N2O5. The van der Waals surface area contributed by atoms with Gasteiger partial charge < -0.3 is 24.8 Å². The molecule has 1 aromatic carbocycles. The summed E-state index contributed by atoms with van der Waals surface area (Å²) in [5.41, 5.74) is 1.69. The standard InChI is InChI=1S/C17H22N2O5/c1-3-18-17(21)24-13-9-23-14-12(8-22-15(13)14)19-16(20)11-6-4-10(2)5-7-11/h4-7,12-15H,3,8-9H2,1-2H3,(H,18,21)(H,19,20). The quantitative estimate of drug-likeness (QED) is 0.858. The first-order chi connectivity index (χ1) is 11.6. The number of benzene rings is 1. The van der Waals surface area contributed by atoms with Crippen LogP contribution < -0.4 is 10.6 Å². The van der Waals surface area contributed by atoms with Crippen molar-refractivity contribution in [2.45, 2.75) is 38.2 Å². The van der Waals surface area contributed by atoms with Crippen molar-refractivity contribution in [2.75, 3.05) is 19.8 Å². The molecule has 0 spiro atoms. The van der Waals surface area contributed by atoms with Gasteiger partial charge in [-0.15, -0.1) is 0 Å². The van der Waals surface area contributed by atoms with Crippen LogP contribution in [0.4, 0.5) is 4.79 Å². The molecule has 0 radical (unpaired) electrons. The first-order valence-electron chi connectivity index (χ1n) is 8.13. The number of carbonyl (C=O) groups is 2. The second kappa shape index (κ2) is 7.19. The molecule has 2 heterocycles. The predicted octanol–water partition coefficient (Wildman–Crippen LogP) is 1.01. The Balaban J connectivity index is 1.57. The third kappa shape index (κ3) is 3.52. The number of hydrogen-bond donors (Lipinski definition) is 2. The highest BCUT2D eigenvalue weighted by molar-refractivity contribution is 5.94. The molecule has 2 fully saturated rings. The molecular weight excluding hydrogens is 312 g/mol. The molecule has 4 atom stereocenters. The van der Waals surface area contributed by atoms with Crippen LogP contribution in [0.1, 0.15) is 22.8 Å². The van der Waals surface area contributed by atoms with Crippen molar-refractivity contribution in [1.82, 2.24) is 10.6 Å². The van der Waals surface area contributed by atoms with E-state index in [2.05, 4.69) is 10.6 Å². The number of alkyl carbamates (subject to hydrolysis) is 1. The second-order valence-corrected chi connectivity index (χ2v) is 6.02. The van der Waals surface area contributed by atoms with Gasteiger partial charge in [-0.3, -0.25) is 4.79 Å². The van der Waals surface area contributed by atoms with Crippen molar-refractivity contribution in [2.24, 2.45) is 0 Å². The lowest BCUT2D eigenvalue weighted by molar-refractivity contribution is 0.00408. The van der Waals surface area contributed by atoms with Gasteiger partial charge in [0.05, 0.1) is 19.3 Å². The normalized spacial score (nSPS) is 28.2. The van der Waals surface area contributed by atoms with Crippen molar-refractivity contribution in [3.63, 3.8) is 0 Å². The van der Waals surface area contributed by atoms with E-state index < -0.39 is 12.2 Å². The van der Waals surface area contributed by atoms with Crippen molar-refractivity contribution in [1.29, 1.82) is 0 Å². The number of fused-ring (bicyclic) bond motifs is 1. The highest BCUT2D eigenvalue weighted by atomic mass is 16.6. The summed E-state index contributed by atoms with van der Waals surface area (Å²) in [6, 6.07) is 7.10. The largest absolute Gasteiger partial charge is 0.441 e. The van der Waals surface area contributed by atoms with Crippen LogP contribution in [-0.4, -0.2) is 56.1 Å². The van der Waals surface area contributed by atoms with Crippen LogP contribution in [0, 0.1) is 6.92 Å². The van der Waals surface area contributed by atoms with Crippen LogP contribution in [0.5, 0.6) is 0 Å². The predicted molar refractivity (Wildman–Crippen MR) is 85.9 cm³/mol. The topological polar surface area (TPSA) is 85.9 Å². The van der Waals surface area contributed by atoms with E-state index in [0.29, 0.717) is 18.7 Å². The Hall–Kier alpha value is -2.12. The zero-order chi connectivity index (χ0) is 17.1. The Bertz CT molecular complexity index is 604. The second-order valence-electron chi connectivity index (χ2n) is 6.02. The fourth-order valence-electron chi connectivity index (χ4n) is 2.97. The van der Waals surface area contributed by atoms with Crippen molar-refractivity contribution < 1.29 is 23.8 Å². The summed E-state index contributed by atoms with van der Waals surface area (Å²) in [4.78, 5) is 23.9. The summed E-state index contributed by atoms with van der Waals surface area (Å²) in [5, 5.41) is 5.52. The zero-order valence-corrected chi connectivity index (χ0v) is 13.8. The Kier molecular flexibility index (Phi) is 5.01. The highest BCUT2D eigenvalue weighted by Crippen LogP contribution is 2.29. The molecule has 1 aromatic rings. The first-order valence-corrected chi connectivity index (χ1v) is 8.13. The summed E-state index contributed by atoms with van der Waals surface area (Å²) in [6.07, 6.45) is -1.60. The van der Waals surface area contributed by atoms with E-state index >= 15 is 0 Å². The summed E-state index contributed by atoms with van der Waals surface area (Å²) in [5.74, 6) is -0.166. The van der Waals surface area contributed by atoms with Gasteiger partial charge in [0.25, 0.3) is 5.91 Å². The maximum Gasteiger partial charge on any atom is 0.407 e. The molecule has 0 aromatic heterocycles. The van der Waals surface area contributed by atoms with Crippen molar-refractivity contribution >= 4 is 12.0 Å². The molecule has 0 aliphatic carbocycles. The Morgan fingerprint density at radius 1 is 1.17 bits per heavy atom. The lowest BCUT2D eigenvalue weighted by Crippen LogP contribution is -2.44. The summed E-state index contributed by atoms with van der Waals surface area (Å²) in [7, 11) is 0. The molecule has 2 N–H and O–H groups in total. The van der Waals surface area contributed by atoms with Crippen LogP contribution in [-0.2, 0) is 14.2 Å². The van der Waals surface area contributed by atoms with Gasteiger partial charge in [0.15, 0.2) is 6.10 Å². The van der Waals surface area contributed by atoms with E-state index in [9.17, 15) is 9.59 Å². The minimum atomic E-state index is -0.484. The molecule has 2 amide bonds. The van der Waals surface area contributed by atoms with Crippen LogP contribution in [0.15, 0.2) is 24.3 Å². The van der Waals surface area contributed by atoms with Gasteiger partial charge in [-0.25, -0.2) is 4.79 Å². The van der Waals surface area contributed by atoms with E-state index in [0.717, 1.165) is 5.56 Å². The molecule has 2 saturated heterocycles. The fraction of sp³-hybridized carbons (Fsp3) is 0.529. The van der Waals surface area contributed by atoms with Crippen LogP contribution >= 0.6 is 0 Å². The monoisotopic (exact) mass is 334 g/mol. The third-order valence-corrected chi connectivity index (χ3v) is 4.22. The van der Waals surface area contributed by atoms with Crippen LogP contribution in [0.3, 0.4) is 0 Å². The Morgan fingerprint density at radius 2 is 1.88 bits per heavy atom. The Morgan fingerprint density at radius 3 is 2.58 bits per heavy atom. The SMILES string of the molecule is CCNC(=O)OC1COC2C(NC(=O)c3ccc(C)cc3)COC12. The summed E-state index contributed by atoms with van der Waals surface area (Å²) < 4.78 is 16.7. The van der Waals surface area contributed by atoms with E-state index in [-0.39, 0.29) is 30.8 Å². The third-order valence-electron chi connectivity index (χ3n) is 4.22. The number of nitrogens with one attached hydrogen (secondary N) is 2. The molecule has 2 aliphatic rings. The van der Waals surface area contributed by atoms with Gasteiger partial charge in [-0.1, -0.05) is 17.7 Å². The average molecular weight is 334 g/mol. The molecule has 0 bridgehead atoms. The summed E-state index contributed by atoms with van der Waals surface area (Å²) >= 11 is 0. The molecule has 130 valence electrons. The Labute approximate surface area is 140 Å². The lowest BCUT2D eigenvalue weighted by atomic mass is 10.1. The fourth-order valence-corrected chi connectivity index (χ4v) is 2.97. The molecule has 0 saturated carbocycles. The molecule has 7 heteroatoms. The number of hydrogen-bond acceptors (Lipinski definition) is 5. The van der Waals surface area contributed by atoms with Crippen molar-refractivity contribution in [3.05, 3.63) is 35.4 Å². The number of ether oxygens (including phenoxy) is 3. The van der Waals surface area contributed by atoms with Crippen molar-refractivity contribution in [3.8, 4) is 0 Å². The van der Waals surface area contributed by atoms with Gasteiger partial charge in [0, 0.05) is 12.1 Å². The number of rotatable bonds is 4. The minimum absolute atomic E-state index is 0.166. The van der Waals surface area contributed by atoms with E-state index in [4.69, 9.17) is 14.2 Å². The summed E-state index contributed by atoms with van der Waals surface area (Å²) in [6.45, 7) is 4.89. The van der Waals surface area contributed by atoms with E-state index in [1.54, 1.807) is 12.1 Å². The number of amides is 2. The molecule has 2 aliphatic heterocycles. The van der Waals surface area contributed by atoms with Gasteiger partial charge in [0.1, 0.15) is 12.2 Å². The average Bonchev–Trinajstić information content (AvgIpc) is 3.12. The first kappa shape index (κ1) is 16.7. The number of aryl methyl sites for hydroxylation is 1. The van der Waals surface area contributed by atoms with Gasteiger partial charge in [-0.05, 0) is 26.0 Å². The molecule has 3 rings (SSSR count). The van der Waals surface area contributed by atoms with Gasteiger partial charge in [0.2, 0.25) is 0 Å². The molecule has 24 heavy (non-hydrogen) atoms. The molecule has 4 unspecified atom stereocenters. The van der Waals surface area contributed by atoms with Gasteiger partial charge in [-0.2, -0.15) is 0 Å². The smallest absolute Gasteiger partial charge is 0.407 e. The molecule has 7 nitrogen and oxygen atoms in total. The van der Waals surface area contributed by atoms with E-state index in [1.807, 2.05) is 26.0 Å². The highest BCUT2D eigenvalue weighted by Gasteiger charge is 2.50.